The van der Waals surface area contributed by atoms with Crippen LogP contribution in [-0.4, -0.2) is 33.8 Å². The van der Waals surface area contributed by atoms with E-state index < -0.39 is 0 Å². The standard InChI is InChI=1S/C25H27N5O2S2/c1-3-17-10-7-9-16(2)20(17)26-19(31)15-30-24(32)22-23(21(28-30)18-11-8-14-33-18)34-25(27-22)29-12-5-4-6-13-29/h7-11,14H,3-6,12-13,15H2,1-2H3,(H,26,31). The van der Waals surface area contributed by atoms with E-state index >= 15 is 0 Å². The smallest absolute Gasteiger partial charge is 0.294 e. The molecule has 0 aliphatic carbocycles. The Bertz CT molecular complexity index is 1380. The molecule has 34 heavy (non-hydrogen) atoms. The number of carbonyl (C=O) groups excluding carboxylic acids is 1. The van der Waals surface area contributed by atoms with Gasteiger partial charge in [-0.25, -0.2) is 9.67 Å². The molecule has 1 N–H and O–H groups in total. The fourth-order valence-electron chi connectivity index (χ4n) is 4.37. The van der Waals surface area contributed by atoms with Crippen LogP contribution in [0.2, 0.25) is 0 Å². The van der Waals surface area contributed by atoms with E-state index in [0.29, 0.717) is 11.2 Å². The number of aromatic nitrogens is 3. The van der Waals surface area contributed by atoms with Crippen LogP contribution in [0.4, 0.5) is 10.8 Å². The first kappa shape index (κ1) is 22.7. The highest BCUT2D eigenvalue weighted by molar-refractivity contribution is 7.23. The molecule has 1 amide bonds. The van der Waals surface area contributed by atoms with Crippen LogP contribution in [0.1, 0.15) is 37.3 Å². The van der Waals surface area contributed by atoms with E-state index in [-0.39, 0.29) is 18.0 Å². The first-order chi connectivity index (χ1) is 16.5. The molecule has 1 aliphatic heterocycles. The van der Waals surface area contributed by atoms with Gasteiger partial charge in [0.2, 0.25) is 5.91 Å². The highest BCUT2D eigenvalue weighted by atomic mass is 32.1. The number of para-hydroxylation sites is 1. The molecule has 4 aromatic rings. The van der Waals surface area contributed by atoms with Gasteiger partial charge in [0.25, 0.3) is 5.56 Å². The first-order valence-corrected chi connectivity index (χ1v) is 13.3. The average molecular weight is 494 g/mol. The first-order valence-electron chi connectivity index (χ1n) is 11.6. The summed E-state index contributed by atoms with van der Waals surface area (Å²) in [6.07, 6.45) is 4.30. The summed E-state index contributed by atoms with van der Waals surface area (Å²) in [5.41, 5.74) is 3.64. The molecule has 9 heteroatoms. The molecule has 1 aliphatic rings. The maximum Gasteiger partial charge on any atom is 0.294 e. The largest absolute Gasteiger partial charge is 0.348 e. The van der Waals surface area contributed by atoms with Crippen LogP contribution < -0.4 is 15.8 Å². The highest BCUT2D eigenvalue weighted by Gasteiger charge is 2.22. The van der Waals surface area contributed by atoms with Crippen LogP contribution in [-0.2, 0) is 17.8 Å². The molecule has 0 bridgehead atoms. The number of aryl methyl sites for hydroxylation is 2. The lowest BCUT2D eigenvalue weighted by Gasteiger charge is -2.25. The second kappa shape index (κ2) is 9.68. The van der Waals surface area contributed by atoms with Crippen molar-refractivity contribution in [3.63, 3.8) is 0 Å². The Balaban J connectivity index is 1.53. The van der Waals surface area contributed by atoms with Crippen LogP contribution in [0, 0.1) is 6.92 Å². The highest BCUT2D eigenvalue weighted by Crippen LogP contribution is 2.36. The van der Waals surface area contributed by atoms with Gasteiger partial charge in [-0.05, 0) is 55.2 Å². The van der Waals surface area contributed by atoms with Gasteiger partial charge in [-0.2, -0.15) is 5.10 Å². The minimum atomic E-state index is -0.328. The molecule has 0 radical (unpaired) electrons. The zero-order valence-electron chi connectivity index (χ0n) is 19.3. The summed E-state index contributed by atoms with van der Waals surface area (Å²) in [5, 5.41) is 10.5. The van der Waals surface area contributed by atoms with Crippen molar-refractivity contribution >= 4 is 49.6 Å². The van der Waals surface area contributed by atoms with Crippen molar-refractivity contribution in [1.29, 1.82) is 0 Å². The van der Waals surface area contributed by atoms with Gasteiger partial charge in [-0.1, -0.05) is 42.5 Å². The van der Waals surface area contributed by atoms with E-state index in [4.69, 9.17) is 4.98 Å². The molecule has 1 fully saturated rings. The Labute approximate surface area is 206 Å². The van der Waals surface area contributed by atoms with E-state index in [1.54, 1.807) is 11.3 Å². The number of benzene rings is 1. The minimum Gasteiger partial charge on any atom is -0.348 e. The number of nitrogens with one attached hydrogen (secondary N) is 1. The Morgan fingerprint density at radius 2 is 1.97 bits per heavy atom. The number of carbonyl (C=O) groups is 1. The molecular formula is C25H27N5O2S2. The van der Waals surface area contributed by atoms with Crippen molar-refractivity contribution < 1.29 is 4.79 Å². The van der Waals surface area contributed by atoms with Crippen molar-refractivity contribution in [3.8, 4) is 10.6 Å². The van der Waals surface area contributed by atoms with Gasteiger partial charge in [0.1, 0.15) is 12.2 Å². The number of anilines is 2. The van der Waals surface area contributed by atoms with Gasteiger partial charge in [-0.15, -0.1) is 11.3 Å². The zero-order chi connectivity index (χ0) is 23.7. The fraction of sp³-hybridized carbons (Fsp3) is 0.360. The summed E-state index contributed by atoms with van der Waals surface area (Å²) in [7, 11) is 0. The van der Waals surface area contributed by atoms with Gasteiger partial charge >= 0.3 is 0 Å². The van der Waals surface area contributed by atoms with Gasteiger partial charge in [0.05, 0.1) is 9.58 Å². The summed E-state index contributed by atoms with van der Waals surface area (Å²) in [4.78, 5) is 34.3. The quantitative estimate of drug-likeness (QED) is 0.405. The molecule has 5 rings (SSSR count). The number of nitrogens with zero attached hydrogens (tertiary/aromatic N) is 4. The number of hydrogen-bond donors (Lipinski definition) is 1. The third kappa shape index (κ3) is 4.37. The van der Waals surface area contributed by atoms with Gasteiger partial charge in [0.15, 0.2) is 10.6 Å². The molecule has 176 valence electrons. The summed E-state index contributed by atoms with van der Waals surface area (Å²) in [6, 6.07) is 9.91. The van der Waals surface area contributed by atoms with E-state index in [1.165, 1.54) is 22.4 Å². The molecule has 0 atom stereocenters. The average Bonchev–Trinajstić information content (AvgIpc) is 3.54. The lowest BCUT2D eigenvalue weighted by atomic mass is 10.1. The Hall–Kier alpha value is -3.04. The number of piperidine rings is 1. The van der Waals surface area contributed by atoms with Crippen LogP contribution in [0.15, 0.2) is 40.5 Å². The van der Waals surface area contributed by atoms with Crippen LogP contribution in [0.25, 0.3) is 20.8 Å². The second-order valence-electron chi connectivity index (χ2n) is 8.52. The van der Waals surface area contributed by atoms with Crippen LogP contribution in [0.3, 0.4) is 0 Å². The Kier molecular flexibility index (Phi) is 6.47. The predicted molar refractivity (Wildman–Crippen MR) is 140 cm³/mol. The number of thiophene rings is 1. The number of amides is 1. The molecule has 1 saturated heterocycles. The van der Waals surface area contributed by atoms with Crippen molar-refractivity contribution in [3.05, 3.63) is 57.2 Å². The SMILES string of the molecule is CCc1cccc(C)c1NC(=O)Cn1nc(-c2cccs2)c2sc(N3CCCCC3)nc2c1=O. The van der Waals surface area contributed by atoms with Crippen molar-refractivity contribution in [2.45, 2.75) is 46.1 Å². The summed E-state index contributed by atoms with van der Waals surface area (Å²) in [5.74, 6) is -0.276. The summed E-state index contributed by atoms with van der Waals surface area (Å²) in [6.45, 7) is 5.77. The molecule has 1 aromatic carbocycles. The number of rotatable bonds is 6. The Morgan fingerprint density at radius 1 is 1.15 bits per heavy atom. The lowest BCUT2D eigenvalue weighted by Crippen LogP contribution is -2.31. The summed E-state index contributed by atoms with van der Waals surface area (Å²) < 4.78 is 2.05. The molecule has 7 nitrogen and oxygen atoms in total. The van der Waals surface area contributed by atoms with Crippen molar-refractivity contribution in [1.82, 2.24) is 14.8 Å². The van der Waals surface area contributed by atoms with Crippen molar-refractivity contribution in [2.75, 3.05) is 23.3 Å². The van der Waals surface area contributed by atoms with Crippen molar-refractivity contribution in [2.24, 2.45) is 0 Å². The lowest BCUT2D eigenvalue weighted by molar-refractivity contribution is -0.117. The maximum absolute atomic E-state index is 13.4. The number of thiazole rings is 1. The molecular weight excluding hydrogens is 466 g/mol. The normalized spacial score (nSPS) is 14.0. The number of hydrogen-bond acceptors (Lipinski definition) is 7. The fourth-order valence-corrected chi connectivity index (χ4v) is 6.26. The van der Waals surface area contributed by atoms with Crippen LogP contribution in [0.5, 0.6) is 0 Å². The maximum atomic E-state index is 13.4. The molecule has 3 aromatic heterocycles. The third-order valence-corrected chi connectivity index (χ3v) is 8.17. The Morgan fingerprint density at radius 3 is 2.71 bits per heavy atom. The number of fused-ring (bicyclic) bond motifs is 1. The molecule has 4 heterocycles. The predicted octanol–water partition coefficient (Wildman–Crippen LogP) is 5.08. The van der Waals surface area contributed by atoms with E-state index in [1.807, 2.05) is 42.6 Å². The van der Waals surface area contributed by atoms with E-state index in [9.17, 15) is 9.59 Å². The molecule has 0 spiro atoms. The third-order valence-electron chi connectivity index (χ3n) is 6.17. The van der Waals surface area contributed by atoms with Gasteiger partial charge in [-0.3, -0.25) is 9.59 Å². The zero-order valence-corrected chi connectivity index (χ0v) is 21.0. The van der Waals surface area contributed by atoms with E-state index in [2.05, 4.69) is 22.2 Å². The monoisotopic (exact) mass is 493 g/mol. The summed E-state index contributed by atoms with van der Waals surface area (Å²) >= 11 is 3.09. The molecule has 0 unspecified atom stereocenters. The van der Waals surface area contributed by atoms with E-state index in [0.717, 1.165) is 63.9 Å². The second-order valence-corrected chi connectivity index (χ2v) is 10.4. The topological polar surface area (TPSA) is 80.1 Å². The molecule has 0 saturated carbocycles. The van der Waals surface area contributed by atoms with Crippen LogP contribution >= 0.6 is 22.7 Å². The minimum absolute atomic E-state index is 0.165. The van der Waals surface area contributed by atoms with Gasteiger partial charge < -0.3 is 10.2 Å². The van der Waals surface area contributed by atoms with Gasteiger partial charge in [0, 0.05) is 18.8 Å².